The zero-order chi connectivity index (χ0) is 27.9. The van der Waals surface area contributed by atoms with Gasteiger partial charge in [-0.25, -0.2) is 26.4 Å². The number of aliphatic hydroxyl groups excluding tert-OH is 3. The number of carboxylic acids is 1. The molecule has 210 valence electrons. The molecule has 1 fully saturated rings. The van der Waals surface area contributed by atoms with E-state index in [2.05, 4.69) is 4.18 Å². The molecular weight excluding hydrogens is 534 g/mol. The largest absolute Gasteiger partial charge is 0.735 e. The molecule has 18 heteroatoms. The molecule has 36 heavy (non-hydrogen) atoms. The van der Waals surface area contributed by atoms with Gasteiger partial charge in [-0.05, 0) is 26.8 Å². The molecule has 3 unspecified atom stereocenters. The van der Waals surface area contributed by atoms with E-state index in [1.807, 2.05) is 0 Å². The molecule has 7 atom stereocenters. The number of rotatable bonds is 10. The van der Waals surface area contributed by atoms with Crippen molar-refractivity contribution in [2.45, 2.75) is 69.4 Å². The Morgan fingerprint density at radius 2 is 1.72 bits per heavy atom. The van der Waals surface area contributed by atoms with Crippen LogP contribution in [0.2, 0.25) is 0 Å². The third kappa shape index (κ3) is 6.90. The van der Waals surface area contributed by atoms with E-state index in [4.69, 9.17) is 14.2 Å². The fourth-order valence-electron chi connectivity index (χ4n) is 4.24. The highest BCUT2D eigenvalue weighted by Gasteiger charge is 2.57. The highest BCUT2D eigenvalue weighted by Crippen LogP contribution is 2.42. The molecule has 0 aliphatic carbocycles. The van der Waals surface area contributed by atoms with Crippen molar-refractivity contribution in [3.63, 3.8) is 0 Å². The standard InChI is InChI=1S/C18H31NO15S2/c1-16(2)12(19-35(25,26)27)13(22)17(3,11(6-20)33-16)7-31-8-18(4)14(34-36(28,29)30)9(21)5-10(32-18)15(23)24/h5,9,11-14,19-22H,6-8H2,1-4H3,(H,23,24)(H,25,26,27)(H,28,29,30)/p-2/t9-,11?,12?,13+,14?,17-,18-/m1/s1. The number of hydrogen-bond donors (Lipinski definition) is 5. The molecule has 1 saturated heterocycles. The quantitative estimate of drug-likeness (QED) is 0.130. The fraction of sp³-hybridized carbons (Fsp3) is 0.833. The Balaban J connectivity index is 2.33. The van der Waals surface area contributed by atoms with Gasteiger partial charge in [-0.1, -0.05) is 6.92 Å². The average Bonchev–Trinajstić information content (AvgIpc) is 2.69. The molecular formula is C18H29NO15S2-2. The SMILES string of the molecule is CC1(C)OC(CO)[C@@](C)(COC[C@@]2(C)OC(C(=O)O)=C[C@@H](O)C2OS(=O)(=O)[O-])[C@@H](O)C1NS(=O)(=O)[O-]. The van der Waals surface area contributed by atoms with Gasteiger partial charge in [0.25, 0.3) is 0 Å². The first-order chi connectivity index (χ1) is 16.2. The van der Waals surface area contributed by atoms with Crippen molar-refractivity contribution in [1.82, 2.24) is 4.72 Å². The Hall–Kier alpha value is -1.45. The summed E-state index contributed by atoms with van der Waals surface area (Å²) >= 11 is 0. The van der Waals surface area contributed by atoms with Crippen LogP contribution in [0.15, 0.2) is 11.8 Å². The molecule has 0 aromatic heterocycles. The van der Waals surface area contributed by atoms with Crippen molar-refractivity contribution in [1.29, 1.82) is 0 Å². The first-order valence-electron chi connectivity index (χ1n) is 10.4. The number of carboxylic acid groups (broad SMARTS) is 1. The molecule has 0 aromatic carbocycles. The lowest BCUT2D eigenvalue weighted by Gasteiger charge is -2.54. The summed E-state index contributed by atoms with van der Waals surface area (Å²) in [5, 5.41) is 40.3. The minimum atomic E-state index is -5.39. The first-order valence-corrected chi connectivity index (χ1v) is 13.1. The van der Waals surface area contributed by atoms with E-state index in [0.29, 0.717) is 6.08 Å². The summed E-state index contributed by atoms with van der Waals surface area (Å²) in [4.78, 5) is 11.4. The maximum atomic E-state index is 11.4. The number of aliphatic hydroxyl groups is 3. The summed E-state index contributed by atoms with van der Waals surface area (Å²) in [7, 11) is -10.4. The van der Waals surface area contributed by atoms with Crippen LogP contribution in [0.25, 0.3) is 0 Å². The number of ether oxygens (including phenoxy) is 3. The van der Waals surface area contributed by atoms with Crippen molar-refractivity contribution >= 4 is 26.7 Å². The monoisotopic (exact) mass is 563 g/mol. The minimum Gasteiger partial charge on any atom is -0.735 e. The van der Waals surface area contributed by atoms with Gasteiger partial charge in [0, 0.05) is 5.41 Å². The average molecular weight is 564 g/mol. The summed E-state index contributed by atoms with van der Waals surface area (Å²) in [6.45, 7) is 3.25. The normalized spacial score (nSPS) is 37.1. The van der Waals surface area contributed by atoms with Crippen molar-refractivity contribution in [3.8, 4) is 0 Å². The smallest absolute Gasteiger partial charge is 0.370 e. The molecule has 16 nitrogen and oxygen atoms in total. The van der Waals surface area contributed by atoms with E-state index in [1.165, 1.54) is 20.8 Å². The minimum absolute atomic E-state index is 0.551. The summed E-state index contributed by atoms with van der Waals surface area (Å²) in [5.74, 6) is -2.41. The molecule has 0 spiro atoms. The summed E-state index contributed by atoms with van der Waals surface area (Å²) in [6.07, 6.45) is -6.05. The van der Waals surface area contributed by atoms with Crippen LogP contribution in [-0.4, -0.2) is 114 Å². The van der Waals surface area contributed by atoms with E-state index in [9.17, 15) is 51.2 Å². The third-order valence-electron chi connectivity index (χ3n) is 6.17. The van der Waals surface area contributed by atoms with E-state index in [0.717, 1.165) is 6.92 Å². The fourth-order valence-corrected chi connectivity index (χ4v) is 5.54. The van der Waals surface area contributed by atoms with Crippen molar-refractivity contribution in [2.75, 3.05) is 19.8 Å². The zero-order valence-corrected chi connectivity index (χ0v) is 21.3. The highest BCUT2D eigenvalue weighted by atomic mass is 32.3. The Labute approximate surface area is 207 Å². The van der Waals surface area contributed by atoms with Gasteiger partial charge in [0.15, 0.2) is 15.9 Å². The number of carbonyl (C=O) groups is 1. The summed E-state index contributed by atoms with van der Waals surface area (Å²) < 4.78 is 90.2. The predicted molar refractivity (Wildman–Crippen MR) is 113 cm³/mol. The highest BCUT2D eigenvalue weighted by molar-refractivity contribution is 7.83. The van der Waals surface area contributed by atoms with Crippen LogP contribution in [0.4, 0.5) is 0 Å². The second-order valence-electron chi connectivity index (χ2n) is 9.55. The summed E-state index contributed by atoms with van der Waals surface area (Å²) in [6, 6.07) is -1.48. The molecule has 0 bridgehead atoms. The lowest BCUT2D eigenvalue weighted by atomic mass is 9.70. The van der Waals surface area contributed by atoms with Gasteiger partial charge in [-0.3, -0.25) is 4.18 Å². The van der Waals surface area contributed by atoms with Gasteiger partial charge in [0.1, 0.15) is 12.2 Å². The molecule has 0 amide bonds. The second-order valence-corrected chi connectivity index (χ2v) is 11.7. The van der Waals surface area contributed by atoms with Crippen molar-refractivity contribution in [2.24, 2.45) is 5.41 Å². The maximum absolute atomic E-state index is 11.4. The van der Waals surface area contributed by atoms with Crippen LogP contribution in [0, 0.1) is 5.41 Å². The number of nitrogens with one attached hydrogen (secondary N) is 1. The van der Waals surface area contributed by atoms with Gasteiger partial charge in [0.05, 0.1) is 43.7 Å². The molecule has 2 aliphatic heterocycles. The third-order valence-corrected chi connectivity index (χ3v) is 7.16. The van der Waals surface area contributed by atoms with Crippen LogP contribution >= 0.6 is 0 Å². The van der Waals surface area contributed by atoms with Gasteiger partial charge in [-0.15, -0.1) is 0 Å². The first kappa shape index (κ1) is 30.8. The topological polar surface area (TPSA) is 261 Å². The van der Waals surface area contributed by atoms with Crippen LogP contribution in [0.3, 0.4) is 0 Å². The Morgan fingerprint density at radius 3 is 2.19 bits per heavy atom. The number of hydrogen-bond acceptors (Lipinski definition) is 14. The predicted octanol–water partition coefficient (Wildman–Crippen LogP) is -3.08. The lowest BCUT2D eigenvalue weighted by Crippen LogP contribution is -2.70. The van der Waals surface area contributed by atoms with Gasteiger partial charge in [-0.2, -0.15) is 0 Å². The van der Waals surface area contributed by atoms with Gasteiger partial charge >= 0.3 is 5.97 Å². The molecule has 2 rings (SSSR count). The Kier molecular flexibility index (Phi) is 8.86. The number of aliphatic carboxylic acids is 1. The van der Waals surface area contributed by atoms with Gasteiger partial charge in [0.2, 0.25) is 16.2 Å². The van der Waals surface area contributed by atoms with Crippen LogP contribution in [-0.2, 0) is 43.9 Å². The van der Waals surface area contributed by atoms with Crippen LogP contribution in [0.5, 0.6) is 0 Å². The Morgan fingerprint density at radius 1 is 1.14 bits per heavy atom. The molecule has 0 saturated carbocycles. The second kappa shape index (κ2) is 10.4. The van der Waals surface area contributed by atoms with Gasteiger partial charge < -0.3 is 43.7 Å². The zero-order valence-electron chi connectivity index (χ0n) is 19.7. The van der Waals surface area contributed by atoms with Crippen LogP contribution in [0.1, 0.15) is 27.7 Å². The molecule has 2 aliphatic rings. The molecule has 0 aromatic rings. The maximum Gasteiger partial charge on any atom is 0.370 e. The van der Waals surface area contributed by atoms with Crippen molar-refractivity contribution in [3.05, 3.63) is 11.8 Å². The lowest BCUT2D eigenvalue weighted by molar-refractivity contribution is -0.255. The van der Waals surface area contributed by atoms with E-state index in [1.54, 1.807) is 4.72 Å². The van der Waals surface area contributed by atoms with E-state index >= 15 is 0 Å². The Bertz CT molecular complexity index is 1070. The van der Waals surface area contributed by atoms with E-state index in [-0.39, 0.29) is 0 Å². The molecule has 5 N–H and O–H groups in total. The molecule has 2 heterocycles. The summed E-state index contributed by atoms with van der Waals surface area (Å²) in [5.41, 5.74) is -5.11. The van der Waals surface area contributed by atoms with Crippen molar-refractivity contribution < 1.29 is 69.6 Å². The molecule has 0 radical (unpaired) electrons. The van der Waals surface area contributed by atoms with E-state index < -0.39 is 99.3 Å². The van der Waals surface area contributed by atoms with Crippen LogP contribution < -0.4 is 4.72 Å².